The predicted molar refractivity (Wildman–Crippen MR) is 82.2 cm³/mol. The molecule has 3 aromatic rings. The third kappa shape index (κ3) is 4.61. The number of carbonyl (C=O) groups excluding carboxylic acids is 2. The predicted octanol–water partition coefficient (Wildman–Crippen LogP) is -3.48. The molecule has 0 saturated heterocycles. The first-order chi connectivity index (χ1) is 11.5. The molecule has 0 aliphatic carbocycles. The molecule has 0 bridgehead atoms. The van der Waals surface area contributed by atoms with E-state index in [0.29, 0.717) is 17.9 Å². The van der Waals surface area contributed by atoms with Crippen LogP contribution >= 0.6 is 0 Å². The Hall–Kier alpha value is -1.85. The van der Waals surface area contributed by atoms with E-state index in [0.717, 1.165) is 0 Å². The third-order valence-corrected chi connectivity index (χ3v) is 3.39. The van der Waals surface area contributed by atoms with Crippen molar-refractivity contribution in [3.63, 3.8) is 0 Å². The molecule has 1 amide bonds. The van der Waals surface area contributed by atoms with E-state index in [9.17, 15) is 19.5 Å². The molecule has 2 heterocycles. The Labute approximate surface area is 183 Å². The molecule has 9 nitrogen and oxygen atoms in total. The van der Waals surface area contributed by atoms with Gasteiger partial charge in [0.25, 0.3) is 5.56 Å². The second-order valence-corrected chi connectivity index (χ2v) is 5.00. The Morgan fingerprint density at radius 1 is 1.20 bits per heavy atom. The van der Waals surface area contributed by atoms with Crippen molar-refractivity contribution in [2.24, 2.45) is 0 Å². The Morgan fingerprint density at radius 2 is 1.92 bits per heavy atom. The van der Waals surface area contributed by atoms with Crippen LogP contribution < -0.4 is 67.4 Å². The van der Waals surface area contributed by atoms with E-state index in [1.165, 1.54) is 36.9 Å². The number of H-pyrrole nitrogens is 1. The number of benzene rings is 1. The summed E-state index contributed by atoms with van der Waals surface area (Å²) in [4.78, 5) is 44.6. The standard InChI is InChI=1S/C15H13N5O4.K/c21-11(19-10-3-1-9(2-4-10)15(23)24)5-6-20-8-18-12-13(20)16-7-17-14(12)22;/h1-4,7-8H,5-6H2,(H,19,21)(H,23,24)(H,16,17,22);/q;+1/p-1. The van der Waals surface area contributed by atoms with Crippen molar-refractivity contribution >= 4 is 28.7 Å². The fourth-order valence-corrected chi connectivity index (χ4v) is 2.19. The molecule has 0 aliphatic heterocycles. The maximum atomic E-state index is 12.0. The molecule has 3 rings (SSSR count). The Balaban J connectivity index is 0.00000225. The quantitative estimate of drug-likeness (QED) is 0.451. The molecule has 0 spiro atoms. The van der Waals surface area contributed by atoms with Crippen molar-refractivity contribution < 1.29 is 66.1 Å². The van der Waals surface area contributed by atoms with Crippen LogP contribution in [0.15, 0.2) is 41.7 Å². The molecule has 0 radical (unpaired) electrons. The summed E-state index contributed by atoms with van der Waals surface area (Å²) in [6.45, 7) is 0.302. The van der Waals surface area contributed by atoms with Crippen molar-refractivity contribution in [1.29, 1.82) is 0 Å². The second-order valence-electron chi connectivity index (χ2n) is 5.00. The van der Waals surface area contributed by atoms with Gasteiger partial charge in [-0.15, -0.1) is 0 Å². The van der Waals surface area contributed by atoms with E-state index < -0.39 is 5.97 Å². The molecule has 122 valence electrons. The Morgan fingerprint density at radius 3 is 2.60 bits per heavy atom. The van der Waals surface area contributed by atoms with Gasteiger partial charge in [-0.2, -0.15) is 0 Å². The van der Waals surface area contributed by atoms with E-state index in [-0.39, 0.29) is 80.4 Å². The van der Waals surface area contributed by atoms with Gasteiger partial charge >= 0.3 is 51.4 Å². The molecule has 2 aromatic heterocycles. The van der Waals surface area contributed by atoms with Crippen molar-refractivity contribution in [3.05, 3.63) is 52.8 Å². The summed E-state index contributed by atoms with van der Waals surface area (Å²) < 4.78 is 1.61. The van der Waals surface area contributed by atoms with Gasteiger partial charge in [-0.05, 0) is 17.7 Å². The largest absolute Gasteiger partial charge is 1.00 e. The van der Waals surface area contributed by atoms with Gasteiger partial charge in [0.1, 0.15) is 0 Å². The number of carboxylic acid groups (broad SMARTS) is 1. The van der Waals surface area contributed by atoms with Crippen molar-refractivity contribution in [2.45, 2.75) is 13.0 Å². The Bertz CT molecular complexity index is 964. The van der Waals surface area contributed by atoms with Crippen molar-refractivity contribution in [2.75, 3.05) is 5.32 Å². The summed E-state index contributed by atoms with van der Waals surface area (Å²) in [5.41, 5.74) is 0.807. The van der Waals surface area contributed by atoms with Gasteiger partial charge in [-0.1, -0.05) is 12.1 Å². The molecule has 0 unspecified atom stereocenters. The SMILES string of the molecule is O=C(CCn1cnc2c(=O)[nH]cnc21)Nc1ccc(C(=O)[O-])cc1.[K+]. The minimum atomic E-state index is -1.28. The summed E-state index contributed by atoms with van der Waals surface area (Å²) in [6, 6.07) is 5.67. The number of nitrogens with one attached hydrogen (secondary N) is 2. The van der Waals surface area contributed by atoms with Crippen LogP contribution in [-0.4, -0.2) is 31.4 Å². The van der Waals surface area contributed by atoms with E-state index in [1.54, 1.807) is 4.57 Å². The number of carboxylic acids is 1. The van der Waals surface area contributed by atoms with Crippen LogP contribution in [0, 0.1) is 0 Å². The molecule has 10 heteroatoms. The monoisotopic (exact) mass is 365 g/mol. The van der Waals surface area contributed by atoms with Crippen LogP contribution in [-0.2, 0) is 11.3 Å². The summed E-state index contributed by atoms with van der Waals surface area (Å²) >= 11 is 0. The van der Waals surface area contributed by atoms with Gasteiger partial charge in [0, 0.05) is 18.7 Å². The average molecular weight is 365 g/mol. The normalized spacial score (nSPS) is 10.2. The smallest absolute Gasteiger partial charge is 0.545 e. The number of nitrogens with zero attached hydrogens (tertiary/aromatic N) is 3. The van der Waals surface area contributed by atoms with Gasteiger partial charge < -0.3 is 24.8 Å². The number of fused-ring (bicyclic) bond motifs is 1. The van der Waals surface area contributed by atoms with Crippen molar-refractivity contribution in [3.8, 4) is 0 Å². The van der Waals surface area contributed by atoms with Gasteiger partial charge in [0.15, 0.2) is 11.2 Å². The van der Waals surface area contributed by atoms with Crippen LogP contribution in [0.5, 0.6) is 0 Å². The third-order valence-electron chi connectivity index (χ3n) is 3.39. The summed E-state index contributed by atoms with van der Waals surface area (Å²) in [5, 5.41) is 13.3. The van der Waals surface area contributed by atoms with Crippen LogP contribution in [0.4, 0.5) is 5.69 Å². The topological polar surface area (TPSA) is 133 Å². The first-order valence-electron chi connectivity index (χ1n) is 7.04. The van der Waals surface area contributed by atoms with Crippen LogP contribution in [0.2, 0.25) is 0 Å². The van der Waals surface area contributed by atoms with Crippen LogP contribution in [0.3, 0.4) is 0 Å². The number of anilines is 1. The van der Waals surface area contributed by atoms with E-state index in [2.05, 4.69) is 20.3 Å². The molecule has 0 atom stereocenters. The molecule has 2 N–H and O–H groups in total. The zero-order valence-corrected chi connectivity index (χ0v) is 16.5. The van der Waals surface area contributed by atoms with Crippen LogP contribution in [0.1, 0.15) is 16.8 Å². The maximum Gasteiger partial charge on any atom is 1.00 e. The number of carbonyl (C=O) groups is 2. The van der Waals surface area contributed by atoms with Crippen LogP contribution in [0.25, 0.3) is 11.2 Å². The fraction of sp³-hybridized carbons (Fsp3) is 0.133. The minimum Gasteiger partial charge on any atom is -0.545 e. The summed E-state index contributed by atoms with van der Waals surface area (Å²) in [7, 11) is 0. The van der Waals surface area contributed by atoms with E-state index in [4.69, 9.17) is 0 Å². The number of hydrogen-bond donors (Lipinski definition) is 2. The number of amides is 1. The van der Waals surface area contributed by atoms with Crippen molar-refractivity contribution in [1.82, 2.24) is 19.5 Å². The number of aromatic nitrogens is 4. The number of hydrogen-bond acceptors (Lipinski definition) is 6. The van der Waals surface area contributed by atoms with E-state index in [1.807, 2.05) is 0 Å². The zero-order valence-electron chi connectivity index (χ0n) is 13.4. The summed E-state index contributed by atoms with van der Waals surface area (Å²) in [5.74, 6) is -1.54. The maximum absolute atomic E-state index is 12.0. The molecule has 0 aliphatic rings. The van der Waals surface area contributed by atoms with E-state index >= 15 is 0 Å². The average Bonchev–Trinajstić information content (AvgIpc) is 2.98. The summed E-state index contributed by atoms with van der Waals surface area (Å²) in [6.07, 6.45) is 2.87. The minimum absolute atomic E-state index is 0. The molecule has 0 fully saturated rings. The van der Waals surface area contributed by atoms with Gasteiger partial charge in [0.05, 0.1) is 18.6 Å². The van der Waals surface area contributed by atoms with Gasteiger partial charge in [0.2, 0.25) is 5.91 Å². The van der Waals surface area contributed by atoms with Gasteiger partial charge in [-0.25, -0.2) is 9.97 Å². The first-order valence-corrected chi connectivity index (χ1v) is 7.04. The number of imidazole rings is 1. The Kier molecular flexibility index (Phi) is 6.61. The molecule has 1 aromatic carbocycles. The number of aromatic carboxylic acids is 1. The molecule has 25 heavy (non-hydrogen) atoms. The molecular weight excluding hydrogens is 353 g/mol. The number of aromatic amines is 1. The van der Waals surface area contributed by atoms with Gasteiger partial charge in [-0.3, -0.25) is 9.59 Å². The second kappa shape index (κ2) is 8.49. The number of aryl methyl sites for hydroxylation is 1. The number of rotatable bonds is 5. The zero-order chi connectivity index (χ0) is 17.1. The fourth-order valence-electron chi connectivity index (χ4n) is 2.19. The molecule has 0 saturated carbocycles. The first kappa shape index (κ1) is 19.5. The molecular formula is C15H12KN5O4.